The highest BCUT2D eigenvalue weighted by Crippen LogP contribution is 2.20. The first-order valence-electron chi connectivity index (χ1n) is 5.99. The Morgan fingerprint density at radius 1 is 1.16 bits per heavy atom. The predicted molar refractivity (Wildman–Crippen MR) is 73.2 cm³/mol. The zero-order chi connectivity index (χ0) is 13.7. The lowest BCUT2D eigenvalue weighted by atomic mass is 10.1. The molecule has 0 aliphatic carbocycles. The molecule has 0 bridgehead atoms. The van der Waals surface area contributed by atoms with Crippen molar-refractivity contribution in [1.29, 1.82) is 5.26 Å². The van der Waals surface area contributed by atoms with Crippen molar-refractivity contribution < 1.29 is 9.47 Å². The summed E-state index contributed by atoms with van der Waals surface area (Å²) in [5.74, 6) is 1.41. The summed E-state index contributed by atoms with van der Waals surface area (Å²) >= 11 is 0. The van der Waals surface area contributed by atoms with Crippen molar-refractivity contribution in [2.24, 2.45) is 0 Å². The van der Waals surface area contributed by atoms with Crippen molar-refractivity contribution in [2.45, 2.75) is 13.5 Å². The molecule has 2 rings (SSSR count). The molecule has 0 aliphatic rings. The third-order valence-corrected chi connectivity index (χ3v) is 2.78. The monoisotopic (exact) mass is 253 g/mol. The van der Waals surface area contributed by atoms with Gasteiger partial charge in [0.2, 0.25) is 0 Å². The van der Waals surface area contributed by atoms with Crippen molar-refractivity contribution in [3.63, 3.8) is 0 Å². The minimum atomic E-state index is 0.433. The van der Waals surface area contributed by atoms with E-state index < -0.39 is 0 Å². The van der Waals surface area contributed by atoms with Crippen LogP contribution in [0.4, 0.5) is 0 Å². The normalized spacial score (nSPS) is 9.74. The average molecular weight is 253 g/mol. The van der Waals surface area contributed by atoms with Gasteiger partial charge in [0.25, 0.3) is 0 Å². The second kappa shape index (κ2) is 5.92. The third-order valence-electron chi connectivity index (χ3n) is 2.78. The molecule has 0 amide bonds. The SMILES string of the molecule is COc1ccc(COc2cccc(C)c2)cc1C#N. The van der Waals surface area contributed by atoms with Crippen LogP contribution in [0, 0.1) is 18.3 Å². The van der Waals surface area contributed by atoms with Gasteiger partial charge in [-0.25, -0.2) is 0 Å². The van der Waals surface area contributed by atoms with Gasteiger partial charge in [-0.05, 0) is 42.3 Å². The summed E-state index contributed by atoms with van der Waals surface area (Å²) in [7, 11) is 1.55. The quantitative estimate of drug-likeness (QED) is 0.838. The first-order valence-corrected chi connectivity index (χ1v) is 5.99. The minimum absolute atomic E-state index is 0.433. The number of nitrogens with zero attached hydrogens (tertiary/aromatic N) is 1. The van der Waals surface area contributed by atoms with E-state index in [9.17, 15) is 0 Å². The highest BCUT2D eigenvalue weighted by atomic mass is 16.5. The number of ether oxygens (including phenoxy) is 2. The number of hydrogen-bond acceptors (Lipinski definition) is 3. The molecule has 0 radical (unpaired) electrons. The molecule has 0 fully saturated rings. The fraction of sp³-hybridized carbons (Fsp3) is 0.188. The Bertz CT molecular complexity index is 614. The van der Waals surface area contributed by atoms with E-state index in [0.29, 0.717) is 17.9 Å². The van der Waals surface area contributed by atoms with Gasteiger partial charge in [-0.1, -0.05) is 18.2 Å². The second-order valence-electron chi connectivity index (χ2n) is 4.25. The maximum atomic E-state index is 9.02. The lowest BCUT2D eigenvalue weighted by Gasteiger charge is -2.08. The van der Waals surface area contributed by atoms with Crippen LogP contribution in [0.1, 0.15) is 16.7 Å². The highest BCUT2D eigenvalue weighted by Gasteiger charge is 2.04. The van der Waals surface area contributed by atoms with E-state index in [2.05, 4.69) is 6.07 Å². The molecule has 96 valence electrons. The Kier molecular flexibility index (Phi) is 4.04. The average Bonchev–Trinajstić information content (AvgIpc) is 2.45. The van der Waals surface area contributed by atoms with E-state index in [1.54, 1.807) is 19.2 Å². The number of hydrogen-bond donors (Lipinski definition) is 0. The number of nitriles is 1. The second-order valence-corrected chi connectivity index (χ2v) is 4.25. The number of methoxy groups -OCH3 is 1. The van der Waals surface area contributed by atoms with Gasteiger partial charge < -0.3 is 9.47 Å². The summed E-state index contributed by atoms with van der Waals surface area (Å²) in [6.07, 6.45) is 0. The predicted octanol–water partition coefficient (Wildman–Crippen LogP) is 3.45. The molecule has 0 spiro atoms. The molecule has 0 aliphatic heterocycles. The van der Waals surface area contributed by atoms with E-state index >= 15 is 0 Å². The molecular weight excluding hydrogens is 238 g/mol. The van der Waals surface area contributed by atoms with Gasteiger partial charge in [0.05, 0.1) is 12.7 Å². The summed E-state index contributed by atoms with van der Waals surface area (Å²) < 4.78 is 10.8. The van der Waals surface area contributed by atoms with E-state index in [4.69, 9.17) is 14.7 Å². The largest absolute Gasteiger partial charge is 0.495 e. The fourth-order valence-corrected chi connectivity index (χ4v) is 1.80. The van der Waals surface area contributed by atoms with Gasteiger partial charge >= 0.3 is 0 Å². The highest BCUT2D eigenvalue weighted by molar-refractivity contribution is 5.45. The van der Waals surface area contributed by atoms with Gasteiger partial charge in [0.15, 0.2) is 0 Å². The fourth-order valence-electron chi connectivity index (χ4n) is 1.80. The molecule has 3 nitrogen and oxygen atoms in total. The van der Waals surface area contributed by atoms with Crippen LogP contribution < -0.4 is 9.47 Å². The van der Waals surface area contributed by atoms with E-state index in [0.717, 1.165) is 16.9 Å². The standard InChI is InChI=1S/C16H15NO2/c1-12-4-3-5-15(8-12)19-11-13-6-7-16(18-2)14(9-13)10-17/h3-9H,11H2,1-2H3. The van der Waals surface area contributed by atoms with Crippen LogP contribution in [-0.2, 0) is 6.61 Å². The van der Waals surface area contributed by atoms with Crippen LogP contribution in [-0.4, -0.2) is 7.11 Å². The smallest absolute Gasteiger partial charge is 0.136 e. The molecule has 0 atom stereocenters. The molecule has 0 N–H and O–H groups in total. The summed E-state index contributed by atoms with van der Waals surface area (Å²) in [5.41, 5.74) is 2.62. The number of benzene rings is 2. The molecule has 0 saturated heterocycles. The van der Waals surface area contributed by atoms with E-state index in [1.165, 1.54) is 0 Å². The topological polar surface area (TPSA) is 42.2 Å². The van der Waals surface area contributed by atoms with Crippen LogP contribution in [0.3, 0.4) is 0 Å². The van der Waals surface area contributed by atoms with Crippen LogP contribution in [0.5, 0.6) is 11.5 Å². The Hall–Kier alpha value is -2.47. The maximum Gasteiger partial charge on any atom is 0.136 e. The zero-order valence-corrected chi connectivity index (χ0v) is 11.0. The lowest BCUT2D eigenvalue weighted by Crippen LogP contribution is -1.97. The van der Waals surface area contributed by atoms with Crippen molar-refractivity contribution in [1.82, 2.24) is 0 Å². The van der Waals surface area contributed by atoms with Crippen LogP contribution >= 0.6 is 0 Å². The molecule has 2 aromatic rings. The van der Waals surface area contributed by atoms with Crippen molar-refractivity contribution >= 4 is 0 Å². The molecule has 0 heterocycles. The Morgan fingerprint density at radius 2 is 2.00 bits per heavy atom. The van der Waals surface area contributed by atoms with E-state index in [1.807, 2.05) is 37.3 Å². The Labute approximate surface area is 113 Å². The van der Waals surface area contributed by atoms with Crippen LogP contribution in [0.15, 0.2) is 42.5 Å². The molecular formula is C16H15NO2. The first-order chi connectivity index (χ1) is 9.22. The molecule has 0 aromatic heterocycles. The van der Waals surface area contributed by atoms with Gasteiger partial charge in [-0.15, -0.1) is 0 Å². The molecule has 19 heavy (non-hydrogen) atoms. The molecule has 2 aromatic carbocycles. The maximum absolute atomic E-state index is 9.02. The van der Waals surface area contributed by atoms with Crippen molar-refractivity contribution in [3.8, 4) is 17.6 Å². The molecule has 0 unspecified atom stereocenters. The van der Waals surface area contributed by atoms with Crippen molar-refractivity contribution in [3.05, 3.63) is 59.2 Å². The lowest BCUT2D eigenvalue weighted by molar-refractivity contribution is 0.305. The van der Waals surface area contributed by atoms with Gasteiger partial charge in [-0.3, -0.25) is 0 Å². The zero-order valence-electron chi connectivity index (χ0n) is 11.0. The van der Waals surface area contributed by atoms with Gasteiger partial charge in [0, 0.05) is 0 Å². The van der Waals surface area contributed by atoms with Crippen LogP contribution in [0.25, 0.3) is 0 Å². The summed E-state index contributed by atoms with van der Waals surface area (Å²) in [6, 6.07) is 15.5. The van der Waals surface area contributed by atoms with Crippen LogP contribution in [0.2, 0.25) is 0 Å². The third kappa shape index (κ3) is 3.26. The van der Waals surface area contributed by atoms with Crippen molar-refractivity contribution in [2.75, 3.05) is 7.11 Å². The molecule has 3 heteroatoms. The number of rotatable bonds is 4. The summed E-state index contributed by atoms with van der Waals surface area (Å²) in [4.78, 5) is 0. The van der Waals surface area contributed by atoms with E-state index in [-0.39, 0.29) is 0 Å². The molecule has 0 saturated carbocycles. The first kappa shape index (κ1) is 13.0. The summed E-state index contributed by atoms with van der Waals surface area (Å²) in [5, 5.41) is 9.02. The minimum Gasteiger partial charge on any atom is -0.495 e. The Balaban J connectivity index is 2.10. The van der Waals surface area contributed by atoms with Gasteiger partial charge in [-0.2, -0.15) is 5.26 Å². The van der Waals surface area contributed by atoms with Gasteiger partial charge in [0.1, 0.15) is 24.2 Å². The summed E-state index contributed by atoms with van der Waals surface area (Å²) in [6.45, 7) is 2.45. The Morgan fingerprint density at radius 3 is 2.68 bits per heavy atom. The number of aryl methyl sites for hydroxylation is 1.